The molecule has 0 spiro atoms. The van der Waals surface area contributed by atoms with E-state index in [0.717, 1.165) is 5.56 Å². The smallest absolute Gasteiger partial charge is 0.275 e. The Kier molecular flexibility index (Phi) is 5.91. The van der Waals surface area contributed by atoms with Gasteiger partial charge in [0.15, 0.2) is 0 Å². The van der Waals surface area contributed by atoms with Gasteiger partial charge in [0, 0.05) is 24.8 Å². The Morgan fingerprint density at radius 1 is 0.893 bits per heavy atom. The van der Waals surface area contributed by atoms with Crippen LogP contribution in [0.25, 0.3) is 0 Å². The second kappa shape index (κ2) is 8.72. The summed E-state index contributed by atoms with van der Waals surface area (Å²) in [5.41, 5.74) is 2.27. The quantitative estimate of drug-likeness (QED) is 0.610. The van der Waals surface area contributed by atoms with Crippen LogP contribution in [0.2, 0.25) is 0 Å². The van der Waals surface area contributed by atoms with E-state index in [2.05, 4.69) is 25.9 Å². The molecule has 1 aromatic heterocycles. The van der Waals surface area contributed by atoms with Crippen molar-refractivity contribution < 1.29 is 14.0 Å². The summed E-state index contributed by atoms with van der Waals surface area (Å²) in [6.07, 6.45) is 2.83. The van der Waals surface area contributed by atoms with Crippen molar-refractivity contribution in [3.05, 3.63) is 78.0 Å². The zero-order valence-corrected chi connectivity index (χ0v) is 15.1. The summed E-state index contributed by atoms with van der Waals surface area (Å²) in [7, 11) is 0. The number of nitrogens with one attached hydrogen (secondary N) is 3. The van der Waals surface area contributed by atoms with E-state index in [0.29, 0.717) is 23.7 Å². The third-order valence-corrected chi connectivity index (χ3v) is 3.73. The zero-order chi connectivity index (χ0) is 19.9. The predicted molar refractivity (Wildman–Crippen MR) is 104 cm³/mol. The van der Waals surface area contributed by atoms with Crippen LogP contribution in [0.4, 0.5) is 21.6 Å². The van der Waals surface area contributed by atoms with Crippen LogP contribution < -0.4 is 16.0 Å². The van der Waals surface area contributed by atoms with Gasteiger partial charge in [0.25, 0.3) is 5.91 Å². The summed E-state index contributed by atoms with van der Waals surface area (Å²) in [6, 6.07) is 12.8. The van der Waals surface area contributed by atoms with E-state index in [4.69, 9.17) is 0 Å². The molecule has 0 atom stereocenters. The van der Waals surface area contributed by atoms with Crippen molar-refractivity contribution in [3.8, 4) is 0 Å². The third-order valence-electron chi connectivity index (χ3n) is 3.73. The van der Waals surface area contributed by atoms with Crippen molar-refractivity contribution in [1.82, 2.24) is 9.97 Å². The van der Waals surface area contributed by atoms with Gasteiger partial charge in [-0.3, -0.25) is 9.59 Å². The summed E-state index contributed by atoms with van der Waals surface area (Å²) < 4.78 is 12.9. The van der Waals surface area contributed by atoms with Gasteiger partial charge in [0.05, 0.1) is 12.4 Å². The molecule has 0 fully saturated rings. The molecule has 0 radical (unpaired) electrons. The number of aromatic nitrogens is 2. The molecule has 0 bridgehead atoms. The van der Waals surface area contributed by atoms with Gasteiger partial charge in [0.2, 0.25) is 5.91 Å². The molecule has 28 heavy (non-hydrogen) atoms. The average Bonchev–Trinajstić information content (AvgIpc) is 2.69. The predicted octanol–water partition coefficient (Wildman–Crippen LogP) is 3.44. The summed E-state index contributed by atoms with van der Waals surface area (Å²) in [5.74, 6) is -0.353. The largest absolute Gasteiger partial charge is 0.365 e. The molecule has 2 aromatic carbocycles. The maximum Gasteiger partial charge on any atom is 0.275 e. The molecule has 1 heterocycles. The van der Waals surface area contributed by atoms with Crippen LogP contribution in [0.1, 0.15) is 23.0 Å². The van der Waals surface area contributed by atoms with Crippen LogP contribution in [0.5, 0.6) is 0 Å². The van der Waals surface area contributed by atoms with Gasteiger partial charge in [-0.25, -0.2) is 14.4 Å². The van der Waals surface area contributed by atoms with Gasteiger partial charge in [0.1, 0.15) is 17.3 Å². The van der Waals surface area contributed by atoms with Crippen LogP contribution in [-0.4, -0.2) is 21.8 Å². The number of amides is 2. The number of carbonyl (C=O) groups is 2. The Labute approximate surface area is 161 Å². The highest BCUT2D eigenvalue weighted by Gasteiger charge is 2.09. The lowest BCUT2D eigenvalue weighted by Crippen LogP contribution is -2.14. The molecule has 0 aliphatic rings. The van der Waals surface area contributed by atoms with Crippen LogP contribution in [0, 0.1) is 5.82 Å². The number of halogens is 1. The minimum Gasteiger partial charge on any atom is -0.365 e. The normalized spacial score (nSPS) is 10.2. The molecule has 3 rings (SSSR count). The van der Waals surface area contributed by atoms with E-state index in [9.17, 15) is 14.0 Å². The number of carbonyl (C=O) groups excluding carboxylic acids is 2. The highest BCUT2D eigenvalue weighted by molar-refractivity contribution is 6.02. The van der Waals surface area contributed by atoms with Crippen LogP contribution >= 0.6 is 0 Å². The number of hydrogen-bond donors (Lipinski definition) is 3. The van der Waals surface area contributed by atoms with Crippen molar-refractivity contribution in [2.45, 2.75) is 13.5 Å². The summed E-state index contributed by atoms with van der Waals surface area (Å²) in [5, 5.41) is 8.42. The van der Waals surface area contributed by atoms with E-state index in [1.807, 2.05) is 0 Å². The lowest BCUT2D eigenvalue weighted by molar-refractivity contribution is -0.114. The molecule has 0 unspecified atom stereocenters. The topological polar surface area (TPSA) is 96.0 Å². The highest BCUT2D eigenvalue weighted by Crippen LogP contribution is 2.14. The monoisotopic (exact) mass is 379 g/mol. The fourth-order valence-electron chi connectivity index (χ4n) is 2.37. The van der Waals surface area contributed by atoms with Crippen molar-refractivity contribution in [3.63, 3.8) is 0 Å². The molecule has 2 amide bonds. The summed E-state index contributed by atoms with van der Waals surface area (Å²) in [4.78, 5) is 31.5. The van der Waals surface area contributed by atoms with Gasteiger partial charge in [-0.1, -0.05) is 12.1 Å². The molecule has 3 aromatic rings. The lowest BCUT2D eigenvalue weighted by atomic mass is 10.2. The van der Waals surface area contributed by atoms with E-state index in [1.165, 1.54) is 31.5 Å². The van der Waals surface area contributed by atoms with Gasteiger partial charge >= 0.3 is 0 Å². The molecule has 0 aliphatic heterocycles. The third kappa shape index (κ3) is 5.34. The fraction of sp³-hybridized carbons (Fsp3) is 0.100. The van der Waals surface area contributed by atoms with Crippen LogP contribution in [0.15, 0.2) is 60.9 Å². The Balaban J connectivity index is 1.55. The zero-order valence-electron chi connectivity index (χ0n) is 15.1. The molecule has 0 saturated carbocycles. The van der Waals surface area contributed by atoms with E-state index in [1.54, 1.807) is 36.4 Å². The van der Waals surface area contributed by atoms with E-state index < -0.39 is 5.91 Å². The second-order valence-electron chi connectivity index (χ2n) is 5.98. The maximum absolute atomic E-state index is 12.9. The standard InChI is InChI=1S/C20H18FN5O2/c1-13(27)25-16-6-8-17(9-7-16)26-20(28)18-11-24-19(12-22-18)23-10-14-2-4-15(21)5-3-14/h2-9,11-12H,10H2,1H3,(H,23,24)(H,25,27)(H,26,28). The van der Waals surface area contributed by atoms with Gasteiger partial charge < -0.3 is 16.0 Å². The molecule has 0 saturated heterocycles. The number of rotatable bonds is 6. The van der Waals surface area contributed by atoms with Crippen molar-refractivity contribution in [2.24, 2.45) is 0 Å². The molecular formula is C20H18FN5O2. The number of nitrogens with zero attached hydrogens (tertiary/aromatic N) is 2. The first-order valence-electron chi connectivity index (χ1n) is 8.49. The maximum atomic E-state index is 12.9. The minimum absolute atomic E-state index is 0.165. The Morgan fingerprint density at radius 3 is 2.11 bits per heavy atom. The SMILES string of the molecule is CC(=O)Nc1ccc(NC(=O)c2cnc(NCc3ccc(F)cc3)cn2)cc1. The van der Waals surface area contributed by atoms with Gasteiger partial charge in [-0.2, -0.15) is 0 Å². The highest BCUT2D eigenvalue weighted by atomic mass is 19.1. The van der Waals surface area contributed by atoms with Crippen molar-refractivity contribution in [2.75, 3.05) is 16.0 Å². The molecule has 0 aliphatic carbocycles. The van der Waals surface area contributed by atoms with Gasteiger partial charge in [-0.05, 0) is 42.0 Å². The van der Waals surface area contributed by atoms with Crippen molar-refractivity contribution in [1.29, 1.82) is 0 Å². The first-order chi connectivity index (χ1) is 13.5. The molecule has 8 heteroatoms. The minimum atomic E-state index is -0.398. The summed E-state index contributed by atoms with van der Waals surface area (Å²) in [6.45, 7) is 1.88. The van der Waals surface area contributed by atoms with E-state index in [-0.39, 0.29) is 17.4 Å². The van der Waals surface area contributed by atoms with Gasteiger partial charge in [-0.15, -0.1) is 0 Å². The second-order valence-corrected chi connectivity index (χ2v) is 5.98. The van der Waals surface area contributed by atoms with Crippen LogP contribution in [0.3, 0.4) is 0 Å². The first kappa shape index (κ1) is 19.0. The molecular weight excluding hydrogens is 361 g/mol. The average molecular weight is 379 g/mol. The molecule has 7 nitrogen and oxygen atoms in total. The Bertz CT molecular complexity index is 957. The van der Waals surface area contributed by atoms with Crippen LogP contribution in [-0.2, 0) is 11.3 Å². The summed E-state index contributed by atoms with van der Waals surface area (Å²) >= 11 is 0. The molecule has 3 N–H and O–H groups in total. The first-order valence-corrected chi connectivity index (χ1v) is 8.49. The Hall–Kier alpha value is -3.81. The molecule has 142 valence electrons. The fourth-order valence-corrected chi connectivity index (χ4v) is 2.37. The number of anilines is 3. The van der Waals surface area contributed by atoms with E-state index >= 15 is 0 Å². The Morgan fingerprint density at radius 2 is 1.54 bits per heavy atom. The van der Waals surface area contributed by atoms with Crippen molar-refractivity contribution >= 4 is 29.0 Å². The number of benzene rings is 2. The number of hydrogen-bond acceptors (Lipinski definition) is 5. The lowest BCUT2D eigenvalue weighted by Gasteiger charge is -2.08.